The summed E-state index contributed by atoms with van der Waals surface area (Å²) in [4.78, 5) is 0. The second-order valence-corrected chi connectivity index (χ2v) is 3.62. The molecule has 2 fully saturated rings. The first-order chi connectivity index (χ1) is 5.27. The van der Waals surface area contributed by atoms with Crippen LogP contribution in [0.2, 0.25) is 0 Å². The average molecular weight is 175 g/mol. The summed E-state index contributed by atoms with van der Waals surface area (Å²) < 4.78 is 10.7. The van der Waals surface area contributed by atoms with Gasteiger partial charge >= 0.3 is 0 Å². The van der Waals surface area contributed by atoms with E-state index in [1.54, 1.807) is 0 Å². The summed E-state index contributed by atoms with van der Waals surface area (Å²) >= 11 is 6.00. The Morgan fingerprint density at radius 2 is 2.09 bits per heavy atom. The minimum atomic E-state index is 0.0814. The molecule has 2 rings (SSSR count). The molecule has 1 aliphatic heterocycles. The zero-order valence-corrected chi connectivity index (χ0v) is 7.01. The highest BCUT2D eigenvalue weighted by Gasteiger charge is 2.36. The summed E-state index contributed by atoms with van der Waals surface area (Å²) in [6, 6.07) is 0. The van der Waals surface area contributed by atoms with Gasteiger partial charge in [-0.25, -0.2) is 0 Å². The summed E-state index contributed by atoms with van der Waals surface area (Å²) in [6.45, 7) is 4.31. The summed E-state index contributed by atoms with van der Waals surface area (Å²) in [7, 11) is 0. The summed E-state index contributed by atoms with van der Waals surface area (Å²) in [5, 5.41) is 0.0814. The lowest BCUT2D eigenvalue weighted by molar-refractivity contribution is 0.0399. The van der Waals surface area contributed by atoms with Crippen LogP contribution in [-0.4, -0.2) is 24.4 Å². The molecule has 0 amide bonds. The van der Waals surface area contributed by atoms with E-state index in [-0.39, 0.29) is 17.6 Å². The van der Waals surface area contributed by atoms with Gasteiger partial charge in [-0.05, 0) is 12.8 Å². The summed E-state index contributed by atoms with van der Waals surface area (Å²) in [5.74, 6) is 0. The summed E-state index contributed by atoms with van der Waals surface area (Å²) in [5.41, 5.74) is 1.08. The zero-order valence-electron chi connectivity index (χ0n) is 6.25. The third kappa shape index (κ3) is 1.31. The number of fused-ring (bicyclic) bond motifs is 1. The lowest BCUT2D eigenvalue weighted by Gasteiger charge is -2.27. The van der Waals surface area contributed by atoms with Crippen molar-refractivity contribution in [2.24, 2.45) is 0 Å². The van der Waals surface area contributed by atoms with E-state index < -0.39 is 0 Å². The molecular weight excluding hydrogens is 164 g/mol. The number of alkyl halides is 1. The van der Waals surface area contributed by atoms with Crippen molar-refractivity contribution in [2.45, 2.75) is 30.4 Å². The summed E-state index contributed by atoms with van der Waals surface area (Å²) in [6.07, 6.45) is 2.14. The van der Waals surface area contributed by atoms with Gasteiger partial charge in [0.25, 0.3) is 0 Å². The van der Waals surface area contributed by atoms with Gasteiger partial charge in [0, 0.05) is 0 Å². The number of halogens is 1. The molecule has 0 radical (unpaired) electrons. The SMILES string of the molecule is C=C1CC2OCOC2CC1Cl. The molecule has 0 aromatic rings. The number of hydrogen-bond donors (Lipinski definition) is 0. The number of rotatable bonds is 0. The monoisotopic (exact) mass is 174 g/mol. The molecule has 3 heteroatoms. The standard InChI is InChI=1S/C8H11ClO2/c1-5-2-7-8(3-6(5)9)11-4-10-7/h6-8H,1-4H2. The van der Waals surface area contributed by atoms with E-state index >= 15 is 0 Å². The predicted octanol–water partition coefficient (Wildman–Crippen LogP) is 1.69. The van der Waals surface area contributed by atoms with Crippen molar-refractivity contribution in [3.8, 4) is 0 Å². The molecule has 1 saturated heterocycles. The van der Waals surface area contributed by atoms with Crippen molar-refractivity contribution < 1.29 is 9.47 Å². The highest BCUT2D eigenvalue weighted by Crippen LogP contribution is 2.33. The average Bonchev–Trinajstić information content (AvgIpc) is 2.36. The fraction of sp³-hybridized carbons (Fsp3) is 0.750. The Morgan fingerprint density at radius 3 is 2.91 bits per heavy atom. The van der Waals surface area contributed by atoms with Gasteiger partial charge in [0.1, 0.15) is 6.79 Å². The van der Waals surface area contributed by atoms with E-state index in [4.69, 9.17) is 21.1 Å². The second-order valence-electron chi connectivity index (χ2n) is 3.09. The molecule has 3 unspecified atom stereocenters. The third-order valence-electron chi connectivity index (χ3n) is 2.32. The molecule has 1 aliphatic carbocycles. The molecule has 62 valence electrons. The lowest BCUT2D eigenvalue weighted by atomic mass is 9.91. The predicted molar refractivity (Wildman–Crippen MR) is 42.6 cm³/mol. The molecule has 0 spiro atoms. The maximum Gasteiger partial charge on any atom is 0.147 e. The zero-order chi connectivity index (χ0) is 7.84. The van der Waals surface area contributed by atoms with Crippen molar-refractivity contribution in [3.63, 3.8) is 0 Å². The quantitative estimate of drug-likeness (QED) is 0.411. The van der Waals surface area contributed by atoms with Gasteiger partial charge in [0.05, 0.1) is 17.6 Å². The third-order valence-corrected chi connectivity index (χ3v) is 2.81. The van der Waals surface area contributed by atoms with Crippen LogP contribution in [0, 0.1) is 0 Å². The largest absolute Gasteiger partial charge is 0.349 e. The Balaban J connectivity index is 2.06. The molecule has 3 atom stereocenters. The van der Waals surface area contributed by atoms with E-state index in [2.05, 4.69) is 6.58 Å². The van der Waals surface area contributed by atoms with Crippen molar-refractivity contribution in [1.29, 1.82) is 0 Å². The molecule has 0 N–H and O–H groups in total. The van der Waals surface area contributed by atoms with Crippen LogP contribution in [0.4, 0.5) is 0 Å². The van der Waals surface area contributed by atoms with E-state index in [1.165, 1.54) is 0 Å². The maximum absolute atomic E-state index is 6.00. The van der Waals surface area contributed by atoms with E-state index in [1.807, 2.05) is 0 Å². The van der Waals surface area contributed by atoms with Gasteiger partial charge in [-0.3, -0.25) is 0 Å². The molecule has 0 aromatic carbocycles. The van der Waals surface area contributed by atoms with Crippen LogP contribution in [0.3, 0.4) is 0 Å². The van der Waals surface area contributed by atoms with Gasteiger partial charge in [-0.15, -0.1) is 11.6 Å². The lowest BCUT2D eigenvalue weighted by Crippen LogP contribution is -2.32. The highest BCUT2D eigenvalue weighted by atomic mass is 35.5. The van der Waals surface area contributed by atoms with Crippen LogP contribution in [0.25, 0.3) is 0 Å². The Morgan fingerprint density at radius 1 is 1.36 bits per heavy atom. The smallest absolute Gasteiger partial charge is 0.147 e. The molecule has 11 heavy (non-hydrogen) atoms. The van der Waals surface area contributed by atoms with Crippen LogP contribution < -0.4 is 0 Å². The Bertz CT molecular complexity index is 181. The first-order valence-electron chi connectivity index (χ1n) is 3.82. The van der Waals surface area contributed by atoms with Gasteiger partial charge in [0.2, 0.25) is 0 Å². The Kier molecular flexibility index (Phi) is 1.91. The second kappa shape index (κ2) is 2.77. The molecular formula is C8H11ClO2. The van der Waals surface area contributed by atoms with Crippen LogP contribution >= 0.6 is 11.6 Å². The molecule has 1 saturated carbocycles. The maximum atomic E-state index is 6.00. The van der Waals surface area contributed by atoms with Crippen LogP contribution in [0.15, 0.2) is 12.2 Å². The van der Waals surface area contributed by atoms with Gasteiger partial charge in [-0.1, -0.05) is 12.2 Å². The topological polar surface area (TPSA) is 18.5 Å². The van der Waals surface area contributed by atoms with Gasteiger partial charge in [-0.2, -0.15) is 0 Å². The Hall–Kier alpha value is -0.0500. The normalized spacial score (nSPS) is 44.1. The number of hydrogen-bond acceptors (Lipinski definition) is 2. The van der Waals surface area contributed by atoms with E-state index in [0.29, 0.717) is 6.79 Å². The fourth-order valence-electron chi connectivity index (χ4n) is 1.60. The van der Waals surface area contributed by atoms with Gasteiger partial charge in [0.15, 0.2) is 0 Å². The number of ether oxygens (including phenoxy) is 2. The molecule has 0 aromatic heterocycles. The molecule has 0 bridgehead atoms. The van der Waals surface area contributed by atoms with Crippen molar-refractivity contribution in [3.05, 3.63) is 12.2 Å². The van der Waals surface area contributed by atoms with E-state index in [0.717, 1.165) is 18.4 Å². The molecule has 1 heterocycles. The van der Waals surface area contributed by atoms with Crippen LogP contribution in [0.1, 0.15) is 12.8 Å². The first-order valence-corrected chi connectivity index (χ1v) is 4.26. The Labute approximate surface area is 71.1 Å². The van der Waals surface area contributed by atoms with Gasteiger partial charge < -0.3 is 9.47 Å². The fourth-order valence-corrected chi connectivity index (χ4v) is 1.86. The first kappa shape index (κ1) is 7.59. The minimum Gasteiger partial charge on any atom is -0.349 e. The molecule has 2 nitrogen and oxygen atoms in total. The van der Waals surface area contributed by atoms with Crippen LogP contribution in [0.5, 0.6) is 0 Å². The van der Waals surface area contributed by atoms with Crippen molar-refractivity contribution in [1.82, 2.24) is 0 Å². The van der Waals surface area contributed by atoms with Crippen LogP contribution in [-0.2, 0) is 9.47 Å². The van der Waals surface area contributed by atoms with Crippen molar-refractivity contribution >= 4 is 11.6 Å². The van der Waals surface area contributed by atoms with Crippen molar-refractivity contribution in [2.75, 3.05) is 6.79 Å². The highest BCUT2D eigenvalue weighted by molar-refractivity contribution is 6.22. The minimum absolute atomic E-state index is 0.0814. The molecule has 2 aliphatic rings. The van der Waals surface area contributed by atoms with E-state index in [9.17, 15) is 0 Å².